The lowest BCUT2D eigenvalue weighted by molar-refractivity contribution is 0.0949. The van der Waals surface area contributed by atoms with Gasteiger partial charge in [-0.2, -0.15) is 0 Å². The molecule has 9 nitrogen and oxygen atoms in total. The molecule has 2 aliphatic heterocycles. The van der Waals surface area contributed by atoms with Gasteiger partial charge in [0.05, 0.1) is 53.4 Å². The molecule has 0 bridgehead atoms. The van der Waals surface area contributed by atoms with Gasteiger partial charge in [0.2, 0.25) is 0 Å². The van der Waals surface area contributed by atoms with Gasteiger partial charge in [0.15, 0.2) is 17.1 Å². The minimum absolute atomic E-state index is 0.0403. The number of hydrogen-bond acceptors (Lipinski definition) is 8. The van der Waals surface area contributed by atoms with Crippen LogP contribution >= 0.6 is 0 Å². The van der Waals surface area contributed by atoms with E-state index in [1.54, 1.807) is 25.6 Å². The summed E-state index contributed by atoms with van der Waals surface area (Å²) in [7, 11) is -0.519. The molecule has 0 saturated carbocycles. The van der Waals surface area contributed by atoms with Crippen LogP contribution in [0.15, 0.2) is 53.7 Å². The number of carbonyl (C=O) groups excluding carboxylic acids is 1. The van der Waals surface area contributed by atoms with Crippen LogP contribution in [0.4, 0.5) is 20.4 Å². The molecular formula is C28H25F2N5O4S. The van der Waals surface area contributed by atoms with Gasteiger partial charge in [-0.15, -0.1) is 0 Å². The molecule has 1 amide bonds. The number of halogens is 2. The van der Waals surface area contributed by atoms with Crippen molar-refractivity contribution in [2.24, 2.45) is 0 Å². The molecular weight excluding hydrogens is 540 g/mol. The number of ether oxygens (including phenoxy) is 2. The molecule has 2 unspecified atom stereocenters. The minimum atomic E-state index is -2.14. The fraction of sp³-hybridized carbons (Fsp3) is 0.286. The first-order valence-electron chi connectivity index (χ1n) is 12.8. The minimum Gasteiger partial charge on any atom is -0.495 e. The maximum atomic E-state index is 14.6. The lowest BCUT2D eigenvalue weighted by atomic mass is 10.1. The highest BCUT2D eigenvalue weighted by atomic mass is 32.2. The van der Waals surface area contributed by atoms with Crippen molar-refractivity contribution in [3.8, 4) is 11.5 Å². The van der Waals surface area contributed by atoms with Gasteiger partial charge >= 0.3 is 0 Å². The van der Waals surface area contributed by atoms with Crippen molar-refractivity contribution in [1.29, 1.82) is 0 Å². The van der Waals surface area contributed by atoms with E-state index in [0.717, 1.165) is 48.0 Å². The summed E-state index contributed by atoms with van der Waals surface area (Å²) >= 11 is 0. The second kappa shape index (κ2) is 10.8. The Hall–Kier alpha value is -4.19. The van der Waals surface area contributed by atoms with Crippen LogP contribution in [0.5, 0.6) is 11.5 Å². The van der Waals surface area contributed by atoms with Crippen LogP contribution in [-0.2, 0) is 23.8 Å². The van der Waals surface area contributed by atoms with Gasteiger partial charge in [-0.25, -0.2) is 18.7 Å². The Bertz CT molecular complexity index is 1650. The van der Waals surface area contributed by atoms with E-state index in [1.807, 2.05) is 18.2 Å². The first kappa shape index (κ1) is 26.1. The standard InChI is InChI=1S/C28H25F2N5O4S/c1-38-20-9-16-3-2-7-35(27(16)32-15-20)25-5-4-17-13-31-19(12-22(17)34-25)14-33-28(36)18-10-21(29)26-23(11-18)40(37)24(30)6-8-39-26/h4-5,9-13,15,24H,2-3,6-8,14H2,1H3,(H,33,36). The summed E-state index contributed by atoms with van der Waals surface area (Å²) < 4.78 is 51.7. The predicted molar refractivity (Wildman–Crippen MR) is 145 cm³/mol. The van der Waals surface area contributed by atoms with Crippen molar-refractivity contribution in [1.82, 2.24) is 20.3 Å². The summed E-state index contributed by atoms with van der Waals surface area (Å²) in [5, 5.41) is 3.52. The van der Waals surface area contributed by atoms with E-state index in [2.05, 4.69) is 20.2 Å². The SMILES string of the molecule is COc1cnc2c(c1)CCCN2c1ccc2cnc(CNC(=O)c3cc(F)c4c(c3)S(=O)C(F)CCO4)cc2n1. The summed E-state index contributed by atoms with van der Waals surface area (Å²) in [6.07, 6.45) is 5.10. The third-order valence-corrected chi connectivity index (χ3v) is 8.31. The van der Waals surface area contributed by atoms with E-state index in [9.17, 15) is 17.8 Å². The molecule has 0 spiro atoms. The number of aryl methyl sites for hydroxylation is 1. The number of hydrogen-bond donors (Lipinski definition) is 1. The van der Waals surface area contributed by atoms with Gasteiger partial charge in [-0.05, 0) is 54.8 Å². The molecule has 2 aliphatic rings. The number of fused-ring (bicyclic) bond motifs is 3. The third-order valence-electron chi connectivity index (χ3n) is 6.87. The first-order chi connectivity index (χ1) is 19.4. The number of aromatic nitrogens is 3. The molecule has 12 heteroatoms. The van der Waals surface area contributed by atoms with Crippen LogP contribution in [-0.4, -0.2) is 50.8 Å². The Kier molecular flexibility index (Phi) is 7.01. The second-order valence-electron chi connectivity index (χ2n) is 9.46. The number of alkyl halides is 1. The molecule has 1 aromatic carbocycles. The normalized spacial score (nSPS) is 18.3. The monoisotopic (exact) mass is 565 g/mol. The smallest absolute Gasteiger partial charge is 0.251 e. The summed E-state index contributed by atoms with van der Waals surface area (Å²) in [5.41, 5.74) is 0.539. The van der Waals surface area contributed by atoms with Gasteiger partial charge in [-0.1, -0.05) is 0 Å². The molecule has 206 valence electrons. The van der Waals surface area contributed by atoms with E-state index in [4.69, 9.17) is 14.5 Å². The molecule has 40 heavy (non-hydrogen) atoms. The molecule has 6 rings (SSSR count). The van der Waals surface area contributed by atoms with Crippen LogP contribution in [0.25, 0.3) is 10.9 Å². The predicted octanol–water partition coefficient (Wildman–Crippen LogP) is 4.37. The van der Waals surface area contributed by atoms with Crippen molar-refractivity contribution in [3.05, 3.63) is 71.4 Å². The van der Waals surface area contributed by atoms with Crippen molar-refractivity contribution in [3.63, 3.8) is 0 Å². The summed E-state index contributed by atoms with van der Waals surface area (Å²) in [5.74, 6) is 0.546. The van der Waals surface area contributed by atoms with Crippen LogP contribution in [0.2, 0.25) is 0 Å². The number of methoxy groups -OCH3 is 1. The van der Waals surface area contributed by atoms with E-state index < -0.39 is 28.0 Å². The van der Waals surface area contributed by atoms with Gasteiger partial charge < -0.3 is 19.7 Å². The molecule has 0 fully saturated rings. The Morgan fingerprint density at radius 3 is 2.95 bits per heavy atom. The maximum Gasteiger partial charge on any atom is 0.251 e. The van der Waals surface area contributed by atoms with Crippen molar-refractivity contribution in [2.75, 3.05) is 25.2 Å². The van der Waals surface area contributed by atoms with Gasteiger partial charge in [0.1, 0.15) is 17.4 Å². The largest absolute Gasteiger partial charge is 0.495 e. The average molecular weight is 566 g/mol. The van der Waals surface area contributed by atoms with Gasteiger partial charge in [0, 0.05) is 30.1 Å². The van der Waals surface area contributed by atoms with E-state index in [-0.39, 0.29) is 35.8 Å². The number of rotatable bonds is 5. The highest BCUT2D eigenvalue weighted by Crippen LogP contribution is 2.34. The Morgan fingerprint density at radius 2 is 2.10 bits per heavy atom. The lowest BCUT2D eigenvalue weighted by Gasteiger charge is -2.29. The van der Waals surface area contributed by atoms with Gasteiger partial charge in [0.25, 0.3) is 5.91 Å². The molecule has 5 heterocycles. The van der Waals surface area contributed by atoms with Crippen molar-refractivity contribution >= 4 is 39.2 Å². The Labute approximate surface area is 231 Å². The number of benzene rings is 1. The zero-order valence-electron chi connectivity index (χ0n) is 21.5. The van der Waals surface area contributed by atoms with Gasteiger partial charge in [-0.3, -0.25) is 14.0 Å². The topological polar surface area (TPSA) is 107 Å². The second-order valence-corrected chi connectivity index (χ2v) is 11.0. The van der Waals surface area contributed by atoms with E-state index in [1.165, 1.54) is 6.07 Å². The highest BCUT2D eigenvalue weighted by Gasteiger charge is 2.29. The number of pyridine rings is 3. The van der Waals surface area contributed by atoms with Crippen LogP contribution in [0.1, 0.15) is 34.5 Å². The molecule has 0 radical (unpaired) electrons. The zero-order chi connectivity index (χ0) is 27.8. The molecule has 1 N–H and O–H groups in total. The summed E-state index contributed by atoms with van der Waals surface area (Å²) in [6.45, 7) is 0.717. The summed E-state index contributed by atoms with van der Waals surface area (Å²) in [6, 6.07) is 9.84. The fourth-order valence-corrected chi connectivity index (χ4v) is 6.00. The third kappa shape index (κ3) is 4.94. The number of carbonyl (C=O) groups is 1. The number of nitrogens with one attached hydrogen (secondary N) is 1. The Morgan fingerprint density at radius 1 is 1.23 bits per heavy atom. The Balaban J connectivity index is 1.22. The zero-order valence-corrected chi connectivity index (χ0v) is 22.3. The highest BCUT2D eigenvalue weighted by molar-refractivity contribution is 7.85. The molecule has 3 aromatic heterocycles. The number of amides is 1. The van der Waals surface area contributed by atoms with Crippen LogP contribution in [0, 0.1) is 5.82 Å². The summed E-state index contributed by atoms with van der Waals surface area (Å²) in [4.78, 5) is 28.6. The molecule has 0 saturated heterocycles. The number of anilines is 2. The van der Waals surface area contributed by atoms with Crippen molar-refractivity contribution in [2.45, 2.75) is 36.2 Å². The quantitative estimate of drug-likeness (QED) is 0.380. The fourth-order valence-electron chi connectivity index (χ4n) is 4.83. The molecule has 4 aromatic rings. The van der Waals surface area contributed by atoms with E-state index >= 15 is 0 Å². The first-order valence-corrected chi connectivity index (χ1v) is 14.0. The number of nitrogens with zero attached hydrogens (tertiary/aromatic N) is 4. The van der Waals surface area contributed by atoms with Crippen LogP contribution < -0.4 is 19.7 Å². The van der Waals surface area contributed by atoms with Crippen molar-refractivity contribution < 1.29 is 27.3 Å². The van der Waals surface area contributed by atoms with E-state index in [0.29, 0.717) is 17.0 Å². The lowest BCUT2D eigenvalue weighted by Crippen LogP contribution is -2.26. The molecule has 2 atom stereocenters. The van der Waals surface area contributed by atoms with Crippen LogP contribution in [0.3, 0.4) is 0 Å². The maximum absolute atomic E-state index is 14.6. The average Bonchev–Trinajstić information content (AvgIpc) is 3.12. The molecule has 0 aliphatic carbocycles.